The van der Waals surface area contributed by atoms with Crippen LogP contribution in [0.1, 0.15) is 0 Å². The van der Waals surface area contributed by atoms with E-state index in [1.807, 2.05) is 12.1 Å². The molecule has 0 atom stereocenters. The minimum Gasteiger partial charge on any atom is -0.254 e. The zero-order chi connectivity index (χ0) is 19.3. The highest BCUT2D eigenvalue weighted by Gasteiger charge is 2.18. The van der Waals surface area contributed by atoms with Crippen LogP contribution in [0.5, 0.6) is 0 Å². The highest BCUT2D eigenvalue weighted by Crippen LogP contribution is 2.35. The van der Waals surface area contributed by atoms with Crippen molar-refractivity contribution >= 4 is 33.4 Å². The van der Waals surface area contributed by atoms with Gasteiger partial charge < -0.3 is 0 Å². The molecule has 2 aromatic heterocycles. The van der Waals surface area contributed by atoms with E-state index in [0.29, 0.717) is 21.9 Å². The first kappa shape index (κ1) is 16.8. The molecular formula is C22H12ClF2N3. The fourth-order valence-electron chi connectivity index (χ4n) is 3.39. The van der Waals surface area contributed by atoms with E-state index >= 15 is 0 Å². The number of benzene rings is 3. The number of aromatic nitrogens is 3. The third kappa shape index (κ3) is 2.63. The molecule has 136 valence electrons. The van der Waals surface area contributed by atoms with Gasteiger partial charge in [0.15, 0.2) is 0 Å². The average Bonchev–Trinajstić information content (AvgIpc) is 3.09. The first-order valence-electron chi connectivity index (χ1n) is 8.59. The number of hydrogen-bond donors (Lipinski definition) is 0. The summed E-state index contributed by atoms with van der Waals surface area (Å²) in [4.78, 5) is 4.50. The normalized spacial score (nSPS) is 11.4. The molecule has 3 aromatic carbocycles. The Hall–Kier alpha value is -3.31. The van der Waals surface area contributed by atoms with Gasteiger partial charge in [0.1, 0.15) is 17.3 Å². The summed E-state index contributed by atoms with van der Waals surface area (Å²) in [5.74, 6) is -0.686. The van der Waals surface area contributed by atoms with Crippen LogP contribution in [0.3, 0.4) is 0 Å². The number of fused-ring (bicyclic) bond motifs is 3. The first-order chi connectivity index (χ1) is 13.6. The second kappa shape index (κ2) is 6.39. The summed E-state index contributed by atoms with van der Waals surface area (Å²) < 4.78 is 29.0. The Kier molecular flexibility index (Phi) is 3.84. The topological polar surface area (TPSA) is 30.7 Å². The summed E-state index contributed by atoms with van der Waals surface area (Å²) in [5, 5.41) is 6.82. The molecule has 5 aromatic rings. The van der Waals surface area contributed by atoms with Gasteiger partial charge in [-0.2, -0.15) is 5.10 Å². The lowest BCUT2D eigenvalue weighted by Crippen LogP contribution is -1.98. The van der Waals surface area contributed by atoms with E-state index < -0.39 is 0 Å². The third-order valence-corrected chi connectivity index (χ3v) is 4.96. The van der Waals surface area contributed by atoms with Crippen LogP contribution in [-0.2, 0) is 0 Å². The van der Waals surface area contributed by atoms with Crippen LogP contribution < -0.4 is 0 Å². The third-order valence-electron chi connectivity index (χ3n) is 4.66. The quantitative estimate of drug-likeness (QED) is 0.360. The van der Waals surface area contributed by atoms with E-state index in [1.54, 1.807) is 41.2 Å². The van der Waals surface area contributed by atoms with Gasteiger partial charge in [-0.15, -0.1) is 0 Å². The monoisotopic (exact) mass is 391 g/mol. The van der Waals surface area contributed by atoms with E-state index in [1.165, 1.54) is 24.3 Å². The molecule has 0 aliphatic carbocycles. The fraction of sp³-hybridized carbons (Fsp3) is 0. The molecule has 0 radical (unpaired) electrons. The smallest absolute Gasteiger partial charge is 0.125 e. The second-order valence-electron chi connectivity index (χ2n) is 6.40. The van der Waals surface area contributed by atoms with Crippen LogP contribution in [-0.4, -0.2) is 14.8 Å². The molecule has 0 spiro atoms. The van der Waals surface area contributed by atoms with Crippen LogP contribution in [0.25, 0.3) is 38.8 Å². The number of hydrogen-bond acceptors (Lipinski definition) is 2. The van der Waals surface area contributed by atoms with Crippen LogP contribution in [0.15, 0.2) is 72.9 Å². The molecule has 0 unspecified atom stereocenters. The van der Waals surface area contributed by atoms with Crippen molar-refractivity contribution in [2.24, 2.45) is 0 Å². The minimum absolute atomic E-state index is 0.326. The maximum Gasteiger partial charge on any atom is 0.125 e. The molecule has 0 aliphatic rings. The molecule has 2 heterocycles. The molecule has 0 fully saturated rings. The second-order valence-corrected chi connectivity index (χ2v) is 6.81. The Labute approximate surface area is 163 Å². The standard InChI is InChI=1S/C22H12ClF2N3/c23-19-6-2-5-17-21(19)26-12-18-20(13-7-9-14(24)10-8-13)27-28(22(17)18)16-4-1-3-15(25)11-16/h1-12H. The lowest BCUT2D eigenvalue weighted by molar-refractivity contribution is 0.625. The van der Waals surface area contributed by atoms with Crippen molar-refractivity contribution in [3.05, 3.63) is 89.6 Å². The summed E-state index contributed by atoms with van der Waals surface area (Å²) in [6.07, 6.45) is 1.70. The zero-order valence-electron chi connectivity index (χ0n) is 14.4. The number of rotatable bonds is 2. The minimum atomic E-state index is -0.360. The van der Waals surface area contributed by atoms with Crippen LogP contribution >= 0.6 is 11.6 Å². The van der Waals surface area contributed by atoms with Crippen LogP contribution in [0.4, 0.5) is 8.78 Å². The van der Waals surface area contributed by atoms with Gasteiger partial charge in [-0.1, -0.05) is 29.8 Å². The van der Waals surface area contributed by atoms with Gasteiger partial charge in [-0.3, -0.25) is 4.98 Å². The van der Waals surface area contributed by atoms with Gasteiger partial charge in [-0.05, 0) is 48.5 Å². The molecule has 0 saturated carbocycles. The SMILES string of the molecule is Fc1ccc(-c2nn(-c3cccc(F)c3)c3c2cnc2c(Cl)cccc23)cc1. The Bertz CT molecular complexity index is 1340. The van der Waals surface area contributed by atoms with Gasteiger partial charge in [0.25, 0.3) is 0 Å². The van der Waals surface area contributed by atoms with Gasteiger partial charge >= 0.3 is 0 Å². The molecule has 6 heteroatoms. The number of nitrogens with zero attached hydrogens (tertiary/aromatic N) is 3. The van der Waals surface area contributed by atoms with E-state index in [2.05, 4.69) is 4.98 Å². The fourth-order valence-corrected chi connectivity index (χ4v) is 3.62. The molecule has 0 bridgehead atoms. The summed E-state index contributed by atoms with van der Waals surface area (Å²) >= 11 is 6.33. The molecule has 0 aliphatic heterocycles. The Morgan fingerprint density at radius 2 is 1.61 bits per heavy atom. The number of halogens is 3. The number of para-hydroxylation sites is 1. The van der Waals surface area contributed by atoms with E-state index in [9.17, 15) is 8.78 Å². The molecule has 28 heavy (non-hydrogen) atoms. The summed E-state index contributed by atoms with van der Waals surface area (Å²) in [6.45, 7) is 0. The van der Waals surface area contributed by atoms with Crippen molar-refractivity contribution in [1.29, 1.82) is 0 Å². The van der Waals surface area contributed by atoms with Crippen molar-refractivity contribution in [3.8, 4) is 16.9 Å². The molecule has 0 saturated heterocycles. The van der Waals surface area contributed by atoms with Crippen molar-refractivity contribution in [2.45, 2.75) is 0 Å². The maximum absolute atomic E-state index is 13.9. The Morgan fingerprint density at radius 3 is 2.39 bits per heavy atom. The predicted molar refractivity (Wildman–Crippen MR) is 107 cm³/mol. The van der Waals surface area contributed by atoms with Gasteiger partial charge in [0.2, 0.25) is 0 Å². The zero-order valence-corrected chi connectivity index (χ0v) is 15.2. The van der Waals surface area contributed by atoms with Gasteiger partial charge in [0.05, 0.1) is 21.7 Å². The van der Waals surface area contributed by atoms with E-state index in [0.717, 1.165) is 21.9 Å². The van der Waals surface area contributed by atoms with Crippen molar-refractivity contribution < 1.29 is 8.78 Å². The van der Waals surface area contributed by atoms with Gasteiger partial charge in [-0.25, -0.2) is 13.5 Å². The number of pyridine rings is 1. The summed E-state index contributed by atoms with van der Waals surface area (Å²) in [5.41, 5.74) is 3.35. The largest absolute Gasteiger partial charge is 0.254 e. The molecule has 0 amide bonds. The summed E-state index contributed by atoms with van der Waals surface area (Å²) in [6, 6.07) is 17.8. The lowest BCUT2D eigenvalue weighted by atomic mass is 10.1. The molecular weight excluding hydrogens is 380 g/mol. The van der Waals surface area contributed by atoms with Gasteiger partial charge in [0, 0.05) is 22.5 Å². The van der Waals surface area contributed by atoms with Crippen LogP contribution in [0.2, 0.25) is 5.02 Å². The summed E-state index contributed by atoms with van der Waals surface area (Å²) in [7, 11) is 0. The Morgan fingerprint density at radius 1 is 0.821 bits per heavy atom. The highest BCUT2D eigenvalue weighted by molar-refractivity contribution is 6.35. The van der Waals surface area contributed by atoms with Crippen LogP contribution in [0, 0.1) is 11.6 Å². The maximum atomic E-state index is 13.9. The first-order valence-corrected chi connectivity index (χ1v) is 8.97. The average molecular weight is 392 g/mol. The molecule has 5 rings (SSSR count). The predicted octanol–water partition coefficient (Wildman–Crippen LogP) is 6.17. The van der Waals surface area contributed by atoms with E-state index in [-0.39, 0.29) is 11.6 Å². The van der Waals surface area contributed by atoms with E-state index in [4.69, 9.17) is 16.7 Å². The molecule has 3 nitrogen and oxygen atoms in total. The lowest BCUT2D eigenvalue weighted by Gasteiger charge is -2.06. The Balaban J connectivity index is 1.92. The van der Waals surface area contributed by atoms with Crippen molar-refractivity contribution in [1.82, 2.24) is 14.8 Å². The highest BCUT2D eigenvalue weighted by atomic mass is 35.5. The van der Waals surface area contributed by atoms with Crippen molar-refractivity contribution in [2.75, 3.05) is 0 Å². The molecule has 0 N–H and O–H groups in total. The van der Waals surface area contributed by atoms with Crippen molar-refractivity contribution in [3.63, 3.8) is 0 Å².